The highest BCUT2D eigenvalue weighted by atomic mass is 32.1. The van der Waals surface area contributed by atoms with E-state index < -0.39 is 0 Å². The number of hydrogen-bond acceptors (Lipinski definition) is 7. The Morgan fingerprint density at radius 2 is 2.20 bits per heavy atom. The van der Waals surface area contributed by atoms with Gasteiger partial charge in [-0.2, -0.15) is 0 Å². The SMILES string of the molecule is CCOC(=O)c1cnc(Nc2ccc3ncsc3c2)cc1NC1CC1. The summed E-state index contributed by atoms with van der Waals surface area (Å²) in [6.45, 7) is 2.14. The lowest BCUT2D eigenvalue weighted by Gasteiger charge is -2.13. The highest BCUT2D eigenvalue weighted by Gasteiger charge is 2.24. The molecule has 6 nitrogen and oxygen atoms in total. The summed E-state index contributed by atoms with van der Waals surface area (Å²) in [6.07, 6.45) is 3.81. The molecule has 1 aliphatic rings. The second kappa shape index (κ2) is 6.68. The highest BCUT2D eigenvalue weighted by Crippen LogP contribution is 2.30. The fourth-order valence-electron chi connectivity index (χ4n) is 2.54. The van der Waals surface area contributed by atoms with Crippen molar-refractivity contribution in [2.24, 2.45) is 0 Å². The van der Waals surface area contributed by atoms with Crippen molar-refractivity contribution in [2.75, 3.05) is 17.2 Å². The maximum absolute atomic E-state index is 12.1. The molecule has 1 fully saturated rings. The Morgan fingerprint density at radius 3 is 3.00 bits per heavy atom. The summed E-state index contributed by atoms with van der Waals surface area (Å²) in [4.78, 5) is 20.8. The van der Waals surface area contributed by atoms with E-state index in [0.29, 0.717) is 24.0 Å². The van der Waals surface area contributed by atoms with Gasteiger partial charge in [-0.3, -0.25) is 0 Å². The standard InChI is InChI=1S/C18H18N4O2S/c1-2-24-18(23)13-9-19-17(8-15(13)21-11-3-4-11)22-12-5-6-14-16(7-12)25-10-20-14/h5-11H,2-4H2,1H3,(H2,19,21,22). The Hall–Kier alpha value is -2.67. The van der Waals surface area contributed by atoms with Gasteiger partial charge in [-0.1, -0.05) is 0 Å². The fourth-order valence-corrected chi connectivity index (χ4v) is 3.26. The molecule has 0 saturated heterocycles. The molecule has 1 saturated carbocycles. The number of nitrogens with zero attached hydrogens (tertiary/aromatic N) is 2. The molecule has 0 spiro atoms. The summed E-state index contributed by atoms with van der Waals surface area (Å²) < 4.78 is 6.24. The van der Waals surface area contributed by atoms with E-state index in [0.717, 1.165) is 34.4 Å². The van der Waals surface area contributed by atoms with E-state index in [-0.39, 0.29) is 5.97 Å². The first-order valence-electron chi connectivity index (χ1n) is 8.27. The monoisotopic (exact) mass is 354 g/mol. The topological polar surface area (TPSA) is 76.1 Å². The van der Waals surface area contributed by atoms with Gasteiger partial charge in [-0.15, -0.1) is 11.3 Å². The number of aromatic nitrogens is 2. The van der Waals surface area contributed by atoms with E-state index in [1.54, 1.807) is 24.5 Å². The first-order valence-corrected chi connectivity index (χ1v) is 9.15. The zero-order chi connectivity index (χ0) is 17.2. The van der Waals surface area contributed by atoms with Crippen molar-refractivity contribution in [1.29, 1.82) is 0 Å². The van der Waals surface area contributed by atoms with Crippen molar-refractivity contribution in [3.05, 3.63) is 41.5 Å². The van der Waals surface area contributed by atoms with Crippen molar-refractivity contribution in [2.45, 2.75) is 25.8 Å². The van der Waals surface area contributed by atoms with E-state index in [2.05, 4.69) is 20.6 Å². The van der Waals surface area contributed by atoms with Crippen molar-refractivity contribution < 1.29 is 9.53 Å². The number of carbonyl (C=O) groups excluding carboxylic acids is 1. The van der Waals surface area contributed by atoms with E-state index in [1.165, 1.54) is 0 Å². The molecule has 128 valence electrons. The van der Waals surface area contributed by atoms with Gasteiger partial charge in [-0.25, -0.2) is 14.8 Å². The number of hydrogen-bond donors (Lipinski definition) is 2. The summed E-state index contributed by atoms with van der Waals surface area (Å²) in [5, 5.41) is 6.68. The van der Waals surface area contributed by atoms with Gasteiger partial charge >= 0.3 is 5.97 Å². The Balaban J connectivity index is 1.61. The van der Waals surface area contributed by atoms with Crippen LogP contribution in [0.5, 0.6) is 0 Å². The van der Waals surface area contributed by atoms with Gasteiger partial charge in [0.2, 0.25) is 0 Å². The number of rotatable bonds is 6. The van der Waals surface area contributed by atoms with E-state index in [1.807, 2.05) is 29.8 Å². The Kier molecular flexibility index (Phi) is 4.23. The molecule has 0 atom stereocenters. The first-order chi connectivity index (χ1) is 12.2. The van der Waals surface area contributed by atoms with Crippen LogP contribution in [0.25, 0.3) is 10.2 Å². The zero-order valence-corrected chi connectivity index (χ0v) is 14.6. The van der Waals surface area contributed by atoms with Gasteiger partial charge < -0.3 is 15.4 Å². The van der Waals surface area contributed by atoms with Crippen LogP contribution in [0.3, 0.4) is 0 Å². The third-order valence-electron chi connectivity index (χ3n) is 3.94. The quantitative estimate of drug-likeness (QED) is 0.647. The molecule has 4 rings (SSSR count). The van der Waals surface area contributed by atoms with Crippen molar-refractivity contribution >= 4 is 44.7 Å². The van der Waals surface area contributed by atoms with E-state index in [9.17, 15) is 4.79 Å². The van der Waals surface area contributed by atoms with Crippen LogP contribution in [-0.2, 0) is 4.74 Å². The zero-order valence-electron chi connectivity index (χ0n) is 13.8. The molecule has 25 heavy (non-hydrogen) atoms. The molecule has 0 bridgehead atoms. The van der Waals surface area contributed by atoms with Crippen LogP contribution in [-0.4, -0.2) is 28.6 Å². The lowest BCUT2D eigenvalue weighted by atomic mass is 10.2. The Bertz CT molecular complexity index is 920. The number of ether oxygens (including phenoxy) is 1. The second-order valence-electron chi connectivity index (χ2n) is 5.91. The van der Waals surface area contributed by atoms with Gasteiger partial charge in [0.1, 0.15) is 11.4 Å². The number of thiazole rings is 1. The largest absolute Gasteiger partial charge is 0.462 e. The molecule has 1 aliphatic carbocycles. The number of pyridine rings is 1. The number of esters is 1. The summed E-state index contributed by atoms with van der Waals surface area (Å²) in [5.41, 5.74) is 4.98. The molecule has 1 aromatic carbocycles. The second-order valence-corrected chi connectivity index (χ2v) is 6.80. The van der Waals surface area contributed by atoms with Crippen LogP contribution >= 0.6 is 11.3 Å². The maximum atomic E-state index is 12.1. The molecular formula is C18H18N4O2S. The first kappa shape index (κ1) is 15.8. The molecule has 0 radical (unpaired) electrons. The van der Waals surface area contributed by atoms with Crippen molar-refractivity contribution in [3.8, 4) is 0 Å². The molecule has 2 heterocycles. The Labute approximate surface area is 149 Å². The minimum atomic E-state index is -0.351. The fraction of sp³-hybridized carbons (Fsp3) is 0.278. The number of carbonyl (C=O) groups is 1. The summed E-state index contributed by atoms with van der Waals surface area (Å²) in [6, 6.07) is 8.28. The number of benzene rings is 1. The van der Waals surface area contributed by atoms with E-state index in [4.69, 9.17) is 4.74 Å². The highest BCUT2D eigenvalue weighted by molar-refractivity contribution is 7.16. The molecule has 7 heteroatoms. The molecule has 0 unspecified atom stereocenters. The summed E-state index contributed by atoms with van der Waals surface area (Å²) in [7, 11) is 0. The average Bonchev–Trinajstić information content (AvgIpc) is 3.29. The predicted octanol–water partition coefficient (Wildman–Crippen LogP) is 4.19. The summed E-state index contributed by atoms with van der Waals surface area (Å²) >= 11 is 1.60. The van der Waals surface area contributed by atoms with Crippen LogP contribution in [0.1, 0.15) is 30.1 Å². The van der Waals surface area contributed by atoms with Gasteiger partial charge in [-0.05, 0) is 38.0 Å². The molecule has 3 aromatic rings. The van der Waals surface area contributed by atoms with Gasteiger partial charge in [0, 0.05) is 24.0 Å². The average molecular weight is 354 g/mol. The maximum Gasteiger partial charge on any atom is 0.341 e. The smallest absolute Gasteiger partial charge is 0.341 e. The van der Waals surface area contributed by atoms with Gasteiger partial charge in [0.05, 0.1) is 28.0 Å². The normalized spacial score (nSPS) is 13.6. The molecule has 2 N–H and O–H groups in total. The van der Waals surface area contributed by atoms with Crippen LogP contribution in [0, 0.1) is 0 Å². The van der Waals surface area contributed by atoms with Gasteiger partial charge in [0.15, 0.2) is 0 Å². The third kappa shape index (κ3) is 3.56. The lowest BCUT2D eigenvalue weighted by Crippen LogP contribution is -2.12. The number of nitrogens with one attached hydrogen (secondary N) is 2. The minimum Gasteiger partial charge on any atom is -0.462 e. The van der Waals surface area contributed by atoms with Crippen LogP contribution < -0.4 is 10.6 Å². The molecular weight excluding hydrogens is 336 g/mol. The third-order valence-corrected chi connectivity index (χ3v) is 4.73. The van der Waals surface area contributed by atoms with Gasteiger partial charge in [0.25, 0.3) is 0 Å². The van der Waals surface area contributed by atoms with Crippen LogP contribution in [0.15, 0.2) is 36.0 Å². The minimum absolute atomic E-state index is 0.344. The van der Waals surface area contributed by atoms with Crippen molar-refractivity contribution in [1.82, 2.24) is 9.97 Å². The van der Waals surface area contributed by atoms with Crippen LogP contribution in [0.2, 0.25) is 0 Å². The number of fused-ring (bicyclic) bond motifs is 1. The number of anilines is 3. The molecule has 0 aliphatic heterocycles. The predicted molar refractivity (Wildman–Crippen MR) is 99.7 cm³/mol. The van der Waals surface area contributed by atoms with Crippen LogP contribution in [0.4, 0.5) is 17.2 Å². The van der Waals surface area contributed by atoms with Crippen molar-refractivity contribution in [3.63, 3.8) is 0 Å². The molecule has 0 amide bonds. The Morgan fingerprint density at radius 1 is 1.32 bits per heavy atom. The lowest BCUT2D eigenvalue weighted by molar-refractivity contribution is 0.0527. The summed E-state index contributed by atoms with van der Waals surface area (Å²) in [5.74, 6) is 0.329. The van der Waals surface area contributed by atoms with E-state index >= 15 is 0 Å². The molecule has 2 aromatic heterocycles.